The first-order valence-electron chi connectivity index (χ1n) is 7.02. The van der Waals surface area contributed by atoms with Crippen LogP contribution >= 0.6 is 0 Å². The Kier molecular flexibility index (Phi) is 14.0. The summed E-state index contributed by atoms with van der Waals surface area (Å²) < 4.78 is 0. The topological polar surface area (TPSA) is 0 Å². The lowest BCUT2D eigenvalue weighted by Crippen LogP contribution is -1.79. The Morgan fingerprint density at radius 1 is 0.750 bits per heavy atom. The van der Waals surface area contributed by atoms with E-state index in [1.165, 1.54) is 51.4 Å². The quantitative estimate of drug-likeness (QED) is 0.303. The highest BCUT2D eigenvalue weighted by Crippen LogP contribution is 2.09. The van der Waals surface area contributed by atoms with E-state index in [0.717, 1.165) is 12.8 Å². The van der Waals surface area contributed by atoms with E-state index in [1.54, 1.807) is 0 Å². The summed E-state index contributed by atoms with van der Waals surface area (Å²) in [5.41, 5.74) is 0. The van der Waals surface area contributed by atoms with Gasteiger partial charge in [0.05, 0.1) is 0 Å². The molecule has 0 amide bonds. The van der Waals surface area contributed by atoms with E-state index in [0.29, 0.717) is 0 Å². The van der Waals surface area contributed by atoms with Gasteiger partial charge in [-0.1, -0.05) is 83.1 Å². The molecule has 0 saturated carbocycles. The van der Waals surface area contributed by atoms with E-state index in [4.69, 9.17) is 0 Å². The molecule has 0 aliphatic heterocycles. The second-order valence-corrected chi connectivity index (χ2v) is 4.38. The van der Waals surface area contributed by atoms with Crippen molar-refractivity contribution < 1.29 is 0 Å². The summed E-state index contributed by atoms with van der Waals surface area (Å²) in [7, 11) is 0. The maximum Gasteiger partial charge on any atom is -0.0348 e. The normalized spacial score (nSPS) is 11.9. The van der Waals surface area contributed by atoms with E-state index < -0.39 is 0 Å². The molecule has 0 bridgehead atoms. The van der Waals surface area contributed by atoms with Crippen molar-refractivity contribution in [2.75, 3.05) is 0 Å². The Morgan fingerprint density at radius 2 is 1.31 bits per heavy atom. The molecule has 1 radical (unpaired) electrons. The van der Waals surface area contributed by atoms with Crippen LogP contribution in [0, 0.1) is 6.92 Å². The molecule has 93 valence electrons. The van der Waals surface area contributed by atoms with Crippen LogP contribution in [0.2, 0.25) is 0 Å². The maximum atomic E-state index is 3.86. The highest BCUT2D eigenvalue weighted by Gasteiger charge is 1.89. The highest BCUT2D eigenvalue weighted by molar-refractivity contribution is 5.01. The van der Waals surface area contributed by atoms with Crippen LogP contribution in [0.5, 0.6) is 0 Å². The van der Waals surface area contributed by atoms with Crippen LogP contribution in [0.15, 0.2) is 24.3 Å². The molecule has 0 aromatic rings. The number of hydrogen-bond acceptors (Lipinski definition) is 0. The van der Waals surface area contributed by atoms with Crippen molar-refractivity contribution in [3.05, 3.63) is 31.2 Å². The monoisotopic (exact) mass is 221 g/mol. The van der Waals surface area contributed by atoms with Crippen LogP contribution in [-0.4, -0.2) is 0 Å². The third-order valence-corrected chi connectivity index (χ3v) is 2.74. The molecule has 0 saturated heterocycles. The SMILES string of the molecule is [CH2]CCCCCCCCC/C=C\C=C\CC. The van der Waals surface area contributed by atoms with Crippen LogP contribution < -0.4 is 0 Å². The zero-order valence-corrected chi connectivity index (χ0v) is 11.1. The second-order valence-electron chi connectivity index (χ2n) is 4.38. The lowest BCUT2D eigenvalue weighted by molar-refractivity contribution is 0.583. The van der Waals surface area contributed by atoms with Gasteiger partial charge in [0.2, 0.25) is 0 Å². The van der Waals surface area contributed by atoms with Gasteiger partial charge in [0.15, 0.2) is 0 Å². The zero-order valence-electron chi connectivity index (χ0n) is 11.1. The standard InChI is InChI=1S/C16H29/c1-3-5-7-9-11-13-15-16-14-12-10-8-6-4-2/h6,8,10,12H,1,3-5,7,9,11,13-16H2,2H3/b8-6+,12-10-. The Bertz CT molecular complexity index is 165. The van der Waals surface area contributed by atoms with Gasteiger partial charge in [-0.2, -0.15) is 0 Å². The molecule has 0 aliphatic rings. The van der Waals surface area contributed by atoms with Crippen molar-refractivity contribution in [1.29, 1.82) is 0 Å². The fourth-order valence-corrected chi connectivity index (χ4v) is 1.71. The molecule has 0 fully saturated rings. The Hall–Kier alpha value is -0.520. The molecular weight excluding hydrogens is 192 g/mol. The summed E-state index contributed by atoms with van der Waals surface area (Å²) in [6.45, 7) is 6.03. The van der Waals surface area contributed by atoms with Gasteiger partial charge in [-0.05, 0) is 19.3 Å². The zero-order chi connectivity index (χ0) is 11.9. The molecule has 0 heteroatoms. The van der Waals surface area contributed by atoms with Crippen molar-refractivity contribution in [1.82, 2.24) is 0 Å². The smallest absolute Gasteiger partial charge is 0.0348 e. The van der Waals surface area contributed by atoms with Gasteiger partial charge in [-0.15, -0.1) is 0 Å². The molecule has 0 unspecified atom stereocenters. The van der Waals surface area contributed by atoms with Crippen molar-refractivity contribution in [2.24, 2.45) is 0 Å². The summed E-state index contributed by atoms with van der Waals surface area (Å²) in [4.78, 5) is 0. The molecule has 0 rings (SSSR count). The molecule has 0 spiro atoms. The molecule has 0 heterocycles. The second kappa shape index (κ2) is 14.5. The molecule has 0 atom stereocenters. The molecule has 0 N–H and O–H groups in total. The van der Waals surface area contributed by atoms with E-state index >= 15 is 0 Å². The fraction of sp³-hybridized carbons (Fsp3) is 0.688. The van der Waals surface area contributed by atoms with Crippen LogP contribution in [0.1, 0.15) is 71.1 Å². The van der Waals surface area contributed by atoms with E-state index in [9.17, 15) is 0 Å². The van der Waals surface area contributed by atoms with Gasteiger partial charge in [-0.25, -0.2) is 0 Å². The van der Waals surface area contributed by atoms with Gasteiger partial charge in [0.1, 0.15) is 0 Å². The van der Waals surface area contributed by atoms with Gasteiger partial charge in [-0.3, -0.25) is 0 Å². The first kappa shape index (κ1) is 15.5. The van der Waals surface area contributed by atoms with Crippen LogP contribution in [0.3, 0.4) is 0 Å². The van der Waals surface area contributed by atoms with Crippen LogP contribution in [0.4, 0.5) is 0 Å². The average Bonchev–Trinajstić information content (AvgIpc) is 2.31. The molecule has 0 nitrogen and oxygen atoms in total. The summed E-state index contributed by atoms with van der Waals surface area (Å²) in [5, 5.41) is 0. The van der Waals surface area contributed by atoms with Gasteiger partial charge < -0.3 is 0 Å². The lowest BCUT2D eigenvalue weighted by Gasteiger charge is -1.99. The van der Waals surface area contributed by atoms with Crippen LogP contribution in [0.25, 0.3) is 0 Å². The lowest BCUT2D eigenvalue weighted by atomic mass is 10.1. The van der Waals surface area contributed by atoms with E-state index in [1.807, 2.05) is 0 Å². The maximum absolute atomic E-state index is 3.86. The Balaban J connectivity index is 3.03. The molecule has 0 aromatic heterocycles. The molecule has 16 heavy (non-hydrogen) atoms. The van der Waals surface area contributed by atoms with E-state index in [2.05, 4.69) is 38.2 Å². The summed E-state index contributed by atoms with van der Waals surface area (Å²) in [5.74, 6) is 0. The first-order chi connectivity index (χ1) is 7.91. The number of allylic oxidation sites excluding steroid dienone is 4. The van der Waals surface area contributed by atoms with Gasteiger partial charge >= 0.3 is 0 Å². The molecule has 0 aliphatic carbocycles. The average molecular weight is 221 g/mol. The summed E-state index contributed by atoms with van der Waals surface area (Å²) in [6, 6.07) is 0. The van der Waals surface area contributed by atoms with Gasteiger partial charge in [0, 0.05) is 0 Å². The minimum absolute atomic E-state index is 1.11. The fourth-order valence-electron chi connectivity index (χ4n) is 1.71. The minimum atomic E-state index is 1.11. The predicted octanol–water partition coefficient (Wildman–Crippen LogP) is 5.85. The largest absolute Gasteiger partial charge is 0.0848 e. The first-order valence-corrected chi connectivity index (χ1v) is 7.02. The van der Waals surface area contributed by atoms with Crippen LogP contribution in [-0.2, 0) is 0 Å². The van der Waals surface area contributed by atoms with Crippen molar-refractivity contribution >= 4 is 0 Å². The van der Waals surface area contributed by atoms with E-state index in [-0.39, 0.29) is 0 Å². The van der Waals surface area contributed by atoms with Gasteiger partial charge in [0.25, 0.3) is 0 Å². The number of hydrogen-bond donors (Lipinski definition) is 0. The third kappa shape index (κ3) is 13.5. The number of rotatable bonds is 11. The van der Waals surface area contributed by atoms with Crippen molar-refractivity contribution in [3.63, 3.8) is 0 Å². The summed E-state index contributed by atoms with van der Waals surface area (Å²) in [6.07, 6.45) is 22.0. The highest BCUT2D eigenvalue weighted by atomic mass is 14.0. The Labute approximate surface area is 103 Å². The minimum Gasteiger partial charge on any atom is -0.0848 e. The van der Waals surface area contributed by atoms with Crippen molar-refractivity contribution in [2.45, 2.75) is 71.1 Å². The molecule has 0 aromatic carbocycles. The number of unbranched alkanes of at least 4 members (excludes halogenated alkanes) is 8. The Morgan fingerprint density at radius 3 is 1.94 bits per heavy atom. The molecular formula is C16H29. The predicted molar refractivity (Wildman–Crippen MR) is 75.5 cm³/mol. The van der Waals surface area contributed by atoms with Crippen molar-refractivity contribution in [3.8, 4) is 0 Å². The third-order valence-electron chi connectivity index (χ3n) is 2.74. The summed E-state index contributed by atoms with van der Waals surface area (Å²) >= 11 is 0.